The van der Waals surface area contributed by atoms with Crippen LogP contribution < -0.4 is 0 Å². The highest BCUT2D eigenvalue weighted by Gasteiger charge is 2.00. The minimum Gasteiger partial charge on any atom is -0.377 e. The molecule has 0 spiro atoms. The number of pyridine rings is 2. The zero-order chi connectivity index (χ0) is 19.7. The van der Waals surface area contributed by atoms with Gasteiger partial charge >= 0.3 is 0 Å². The molecule has 2 aromatic heterocycles. The van der Waals surface area contributed by atoms with Gasteiger partial charge in [0.05, 0.1) is 18.0 Å². The lowest BCUT2D eigenvalue weighted by Gasteiger charge is -2.06. The Bertz CT molecular complexity index is 598. The van der Waals surface area contributed by atoms with Gasteiger partial charge in [0.25, 0.3) is 0 Å². The Balaban J connectivity index is 1.41. The van der Waals surface area contributed by atoms with E-state index < -0.39 is 0 Å². The highest BCUT2D eigenvalue weighted by atomic mass is 16.5. The molecule has 0 aromatic carbocycles. The summed E-state index contributed by atoms with van der Waals surface area (Å²) in [6.45, 7) is 3.77. The van der Waals surface area contributed by atoms with Crippen molar-refractivity contribution in [1.82, 2.24) is 9.97 Å². The molecule has 0 unspecified atom stereocenters. The molecular weight excluding hydrogens is 344 g/mol. The fourth-order valence-corrected chi connectivity index (χ4v) is 3.41. The van der Waals surface area contributed by atoms with Crippen molar-refractivity contribution in [2.45, 2.75) is 90.6 Å². The van der Waals surface area contributed by atoms with Gasteiger partial charge in [-0.25, -0.2) is 0 Å². The zero-order valence-electron chi connectivity index (χ0n) is 17.7. The first-order valence-corrected chi connectivity index (χ1v) is 11.3. The van der Waals surface area contributed by atoms with Crippen LogP contribution in [0.3, 0.4) is 0 Å². The molecule has 154 valence electrons. The van der Waals surface area contributed by atoms with Crippen LogP contribution in [0.4, 0.5) is 0 Å². The summed E-state index contributed by atoms with van der Waals surface area (Å²) in [5.41, 5.74) is 2.94. The SMILES string of the molecule is CCCCCCCCCCCCCCOCc1ccc(-c2ccccn2)nc1. The van der Waals surface area contributed by atoms with Crippen LogP contribution in [0.1, 0.15) is 89.5 Å². The standard InChI is InChI=1S/C25H38N2O/c1-2-3-4-5-6-7-8-9-10-11-12-15-20-28-22-23-17-18-25(27-21-23)24-16-13-14-19-26-24/h13-14,16-19,21H,2-12,15,20,22H2,1H3. The second-order valence-electron chi connectivity index (χ2n) is 7.71. The molecule has 0 amide bonds. The minimum atomic E-state index is 0.646. The monoisotopic (exact) mass is 382 g/mol. The van der Waals surface area contributed by atoms with Crippen LogP contribution in [-0.4, -0.2) is 16.6 Å². The number of ether oxygens (including phenoxy) is 1. The summed E-state index contributed by atoms with van der Waals surface area (Å²) >= 11 is 0. The Kier molecular flexibility index (Phi) is 12.3. The van der Waals surface area contributed by atoms with Crippen LogP contribution in [0.25, 0.3) is 11.4 Å². The van der Waals surface area contributed by atoms with Crippen molar-refractivity contribution in [3.63, 3.8) is 0 Å². The molecule has 2 rings (SSSR count). The maximum absolute atomic E-state index is 5.80. The van der Waals surface area contributed by atoms with Crippen LogP contribution in [0.5, 0.6) is 0 Å². The van der Waals surface area contributed by atoms with Gasteiger partial charge in [0.1, 0.15) is 0 Å². The highest BCUT2D eigenvalue weighted by Crippen LogP contribution is 2.14. The Morgan fingerprint density at radius 2 is 1.32 bits per heavy atom. The maximum atomic E-state index is 5.80. The number of aromatic nitrogens is 2. The third-order valence-corrected chi connectivity index (χ3v) is 5.16. The Morgan fingerprint density at radius 3 is 1.89 bits per heavy atom. The first-order chi connectivity index (χ1) is 13.9. The lowest BCUT2D eigenvalue weighted by atomic mass is 10.1. The predicted molar refractivity (Wildman–Crippen MR) is 118 cm³/mol. The number of hydrogen-bond acceptors (Lipinski definition) is 3. The van der Waals surface area contributed by atoms with Gasteiger partial charge in [-0.3, -0.25) is 9.97 Å². The highest BCUT2D eigenvalue weighted by molar-refractivity contribution is 5.53. The van der Waals surface area contributed by atoms with E-state index in [0.29, 0.717) is 6.61 Å². The molecule has 28 heavy (non-hydrogen) atoms. The Labute approximate surface area is 172 Å². The summed E-state index contributed by atoms with van der Waals surface area (Å²) < 4.78 is 5.80. The molecule has 2 heterocycles. The van der Waals surface area contributed by atoms with E-state index in [-0.39, 0.29) is 0 Å². The van der Waals surface area contributed by atoms with Gasteiger partial charge in [-0.05, 0) is 30.2 Å². The van der Waals surface area contributed by atoms with E-state index in [9.17, 15) is 0 Å². The number of hydrogen-bond donors (Lipinski definition) is 0. The van der Waals surface area contributed by atoms with Crippen molar-refractivity contribution in [3.05, 3.63) is 48.3 Å². The molecule has 0 aliphatic carbocycles. The molecule has 0 saturated heterocycles. The smallest absolute Gasteiger partial charge is 0.0886 e. The molecule has 0 bridgehead atoms. The summed E-state index contributed by atoms with van der Waals surface area (Å²) in [5.74, 6) is 0. The van der Waals surface area contributed by atoms with Gasteiger partial charge in [-0.2, -0.15) is 0 Å². The fourth-order valence-electron chi connectivity index (χ4n) is 3.41. The van der Waals surface area contributed by atoms with Crippen LogP contribution in [0.2, 0.25) is 0 Å². The molecule has 0 fully saturated rings. The van der Waals surface area contributed by atoms with E-state index in [2.05, 4.69) is 23.0 Å². The average molecular weight is 383 g/mol. The van der Waals surface area contributed by atoms with Crippen LogP contribution in [0, 0.1) is 0 Å². The Hall–Kier alpha value is -1.74. The number of rotatable bonds is 16. The van der Waals surface area contributed by atoms with E-state index in [4.69, 9.17) is 4.74 Å². The lowest BCUT2D eigenvalue weighted by Crippen LogP contribution is -1.97. The van der Waals surface area contributed by atoms with E-state index in [0.717, 1.165) is 30.0 Å². The summed E-state index contributed by atoms with van der Waals surface area (Å²) in [4.78, 5) is 8.82. The second kappa shape index (κ2) is 15.2. The normalized spacial score (nSPS) is 11.0. The topological polar surface area (TPSA) is 35.0 Å². The van der Waals surface area contributed by atoms with Gasteiger partial charge in [0.2, 0.25) is 0 Å². The molecule has 0 N–H and O–H groups in total. The Morgan fingerprint density at radius 1 is 0.679 bits per heavy atom. The van der Waals surface area contributed by atoms with Gasteiger partial charge in [-0.1, -0.05) is 89.7 Å². The summed E-state index contributed by atoms with van der Waals surface area (Å²) in [6.07, 6.45) is 20.2. The van der Waals surface area contributed by atoms with Crippen LogP contribution in [0.15, 0.2) is 42.7 Å². The van der Waals surface area contributed by atoms with Gasteiger partial charge in [0, 0.05) is 19.0 Å². The first kappa shape index (κ1) is 22.5. The molecule has 3 nitrogen and oxygen atoms in total. The third kappa shape index (κ3) is 9.98. The van der Waals surface area contributed by atoms with Crippen molar-refractivity contribution < 1.29 is 4.74 Å². The molecular formula is C25H38N2O. The van der Waals surface area contributed by atoms with Crippen molar-refractivity contribution >= 4 is 0 Å². The summed E-state index contributed by atoms with van der Waals surface area (Å²) in [5, 5.41) is 0. The van der Waals surface area contributed by atoms with Crippen molar-refractivity contribution in [3.8, 4) is 11.4 Å². The largest absolute Gasteiger partial charge is 0.377 e. The van der Waals surface area contributed by atoms with E-state index in [1.807, 2.05) is 30.5 Å². The van der Waals surface area contributed by atoms with Crippen LogP contribution in [-0.2, 0) is 11.3 Å². The molecule has 2 aromatic rings. The number of unbranched alkanes of at least 4 members (excludes halogenated alkanes) is 11. The third-order valence-electron chi connectivity index (χ3n) is 5.16. The van der Waals surface area contributed by atoms with Crippen molar-refractivity contribution in [2.24, 2.45) is 0 Å². The van der Waals surface area contributed by atoms with Crippen LogP contribution >= 0.6 is 0 Å². The van der Waals surface area contributed by atoms with Crippen molar-refractivity contribution in [1.29, 1.82) is 0 Å². The van der Waals surface area contributed by atoms with Crippen molar-refractivity contribution in [2.75, 3.05) is 6.61 Å². The molecule has 0 radical (unpaired) electrons. The van der Waals surface area contributed by atoms with E-state index >= 15 is 0 Å². The van der Waals surface area contributed by atoms with Gasteiger partial charge in [-0.15, -0.1) is 0 Å². The zero-order valence-corrected chi connectivity index (χ0v) is 17.7. The minimum absolute atomic E-state index is 0.646. The molecule has 0 aliphatic heterocycles. The molecule has 3 heteroatoms. The maximum Gasteiger partial charge on any atom is 0.0886 e. The molecule has 0 saturated carbocycles. The van der Waals surface area contributed by atoms with Gasteiger partial charge < -0.3 is 4.74 Å². The molecule has 0 atom stereocenters. The average Bonchev–Trinajstić information content (AvgIpc) is 2.75. The predicted octanol–water partition coefficient (Wildman–Crippen LogP) is 7.36. The second-order valence-corrected chi connectivity index (χ2v) is 7.71. The molecule has 0 aliphatic rings. The van der Waals surface area contributed by atoms with E-state index in [1.165, 1.54) is 70.6 Å². The number of nitrogens with zero attached hydrogens (tertiary/aromatic N) is 2. The quantitative estimate of drug-likeness (QED) is 0.284. The summed E-state index contributed by atoms with van der Waals surface area (Å²) in [7, 11) is 0. The van der Waals surface area contributed by atoms with Gasteiger partial charge in [0.15, 0.2) is 0 Å². The lowest BCUT2D eigenvalue weighted by molar-refractivity contribution is 0.116. The van der Waals surface area contributed by atoms with E-state index in [1.54, 1.807) is 6.20 Å². The first-order valence-electron chi connectivity index (χ1n) is 11.3. The summed E-state index contributed by atoms with van der Waals surface area (Å²) in [6, 6.07) is 9.98. The fraction of sp³-hybridized carbons (Fsp3) is 0.600.